The van der Waals surface area contributed by atoms with Crippen molar-refractivity contribution < 1.29 is 4.79 Å². The number of hydrogen-bond acceptors (Lipinski definition) is 3. The summed E-state index contributed by atoms with van der Waals surface area (Å²) in [5.41, 5.74) is 3.58. The van der Waals surface area contributed by atoms with Gasteiger partial charge in [0.2, 0.25) is 0 Å². The van der Waals surface area contributed by atoms with E-state index in [9.17, 15) is 4.79 Å². The van der Waals surface area contributed by atoms with Gasteiger partial charge in [-0.1, -0.05) is 24.3 Å². The van der Waals surface area contributed by atoms with Crippen LogP contribution in [0.5, 0.6) is 0 Å². The van der Waals surface area contributed by atoms with Crippen molar-refractivity contribution in [3.63, 3.8) is 0 Å². The monoisotopic (exact) mass is 257 g/mol. The van der Waals surface area contributed by atoms with E-state index < -0.39 is 0 Å². The highest BCUT2D eigenvalue weighted by Crippen LogP contribution is 2.24. The molecule has 1 N–H and O–H groups in total. The highest BCUT2D eigenvalue weighted by Gasteiger charge is 2.25. The van der Waals surface area contributed by atoms with Gasteiger partial charge in [0.25, 0.3) is 0 Å². The van der Waals surface area contributed by atoms with E-state index in [4.69, 9.17) is 0 Å². The van der Waals surface area contributed by atoms with Crippen LogP contribution in [0.25, 0.3) is 0 Å². The average Bonchev–Trinajstić information content (AvgIpc) is 2.91. The fraction of sp³-hybridized carbons (Fsp3) is 0.267. The number of carbonyl (C=O) groups is 1. The average molecular weight is 257 g/mol. The molecule has 0 fully saturated rings. The molecule has 3 rings (SSSR count). The molecule has 1 aliphatic rings. The third kappa shape index (κ3) is 2.24. The number of fused-ring (bicyclic) bond motifs is 1. The standard InChI is InChI=1S/C15H15NOS/c17-14(9-11-6-8-18-10-11)15-13-4-2-1-3-12(13)5-7-16-15/h1-4,6,8,10,15-16H,5,7,9H2. The zero-order valence-corrected chi connectivity index (χ0v) is 10.9. The van der Waals surface area contributed by atoms with E-state index in [0.717, 1.165) is 24.1 Å². The summed E-state index contributed by atoms with van der Waals surface area (Å²) in [5.74, 6) is 0.264. The molecule has 18 heavy (non-hydrogen) atoms. The van der Waals surface area contributed by atoms with Crippen molar-refractivity contribution in [3.8, 4) is 0 Å². The molecule has 0 aliphatic carbocycles. The molecular weight excluding hydrogens is 242 g/mol. The Balaban J connectivity index is 1.83. The lowest BCUT2D eigenvalue weighted by atomic mass is 9.90. The van der Waals surface area contributed by atoms with Gasteiger partial charge < -0.3 is 5.32 Å². The smallest absolute Gasteiger partial charge is 0.158 e. The molecule has 2 heterocycles. The maximum absolute atomic E-state index is 12.4. The van der Waals surface area contributed by atoms with Crippen LogP contribution in [0, 0.1) is 0 Å². The summed E-state index contributed by atoms with van der Waals surface area (Å²) in [7, 11) is 0. The van der Waals surface area contributed by atoms with E-state index in [-0.39, 0.29) is 11.8 Å². The first kappa shape index (κ1) is 11.6. The second-order valence-corrected chi connectivity index (χ2v) is 5.39. The van der Waals surface area contributed by atoms with E-state index in [1.165, 1.54) is 5.56 Å². The van der Waals surface area contributed by atoms with Gasteiger partial charge in [0.05, 0.1) is 6.04 Å². The Bertz CT molecular complexity index is 547. The molecule has 1 unspecified atom stereocenters. The van der Waals surface area contributed by atoms with Crippen LogP contribution in [0.3, 0.4) is 0 Å². The maximum atomic E-state index is 12.4. The maximum Gasteiger partial charge on any atom is 0.158 e. The minimum atomic E-state index is -0.130. The van der Waals surface area contributed by atoms with Crippen molar-refractivity contribution in [1.82, 2.24) is 5.32 Å². The third-order valence-electron chi connectivity index (χ3n) is 3.39. The minimum absolute atomic E-state index is 0.130. The molecule has 92 valence electrons. The van der Waals surface area contributed by atoms with Crippen LogP contribution >= 0.6 is 11.3 Å². The molecule has 0 spiro atoms. The lowest BCUT2D eigenvalue weighted by Gasteiger charge is -2.25. The summed E-state index contributed by atoms with van der Waals surface area (Å²) in [6.07, 6.45) is 1.54. The van der Waals surface area contributed by atoms with Gasteiger partial charge in [0, 0.05) is 13.0 Å². The number of rotatable bonds is 3. The lowest BCUT2D eigenvalue weighted by molar-refractivity contribution is -0.120. The van der Waals surface area contributed by atoms with Crippen LogP contribution in [0.1, 0.15) is 22.7 Å². The van der Waals surface area contributed by atoms with Crippen LogP contribution in [0.4, 0.5) is 0 Å². The molecule has 0 bridgehead atoms. The van der Waals surface area contributed by atoms with Gasteiger partial charge >= 0.3 is 0 Å². The van der Waals surface area contributed by atoms with Crippen molar-refractivity contribution in [3.05, 3.63) is 57.8 Å². The van der Waals surface area contributed by atoms with Crippen molar-refractivity contribution in [2.75, 3.05) is 6.54 Å². The fourth-order valence-corrected chi connectivity index (χ4v) is 3.16. The zero-order chi connectivity index (χ0) is 12.4. The van der Waals surface area contributed by atoms with E-state index >= 15 is 0 Å². The lowest BCUT2D eigenvalue weighted by Crippen LogP contribution is -2.35. The molecule has 0 amide bonds. The van der Waals surface area contributed by atoms with E-state index in [1.807, 2.05) is 29.0 Å². The molecule has 1 aromatic heterocycles. The predicted octanol–water partition coefficient (Wildman–Crippen LogP) is 2.75. The van der Waals surface area contributed by atoms with Crippen molar-refractivity contribution in [2.24, 2.45) is 0 Å². The molecule has 1 aliphatic heterocycles. The number of nitrogens with one attached hydrogen (secondary N) is 1. The Morgan fingerprint density at radius 2 is 2.22 bits per heavy atom. The summed E-state index contributed by atoms with van der Waals surface area (Å²) in [6, 6.07) is 10.1. The van der Waals surface area contributed by atoms with Gasteiger partial charge in [0.15, 0.2) is 5.78 Å². The summed E-state index contributed by atoms with van der Waals surface area (Å²) >= 11 is 1.64. The van der Waals surface area contributed by atoms with Crippen LogP contribution < -0.4 is 5.32 Å². The molecular formula is C15H15NOS. The van der Waals surface area contributed by atoms with Crippen LogP contribution in [0.15, 0.2) is 41.1 Å². The number of thiophene rings is 1. The zero-order valence-electron chi connectivity index (χ0n) is 10.1. The molecule has 3 heteroatoms. The molecule has 0 radical (unpaired) electrons. The Hall–Kier alpha value is -1.45. The number of benzene rings is 1. The minimum Gasteiger partial charge on any atom is -0.303 e. The SMILES string of the molecule is O=C(Cc1ccsc1)C1NCCc2ccccc21. The van der Waals surface area contributed by atoms with Crippen molar-refractivity contribution in [2.45, 2.75) is 18.9 Å². The van der Waals surface area contributed by atoms with Crippen LogP contribution in [0.2, 0.25) is 0 Å². The molecule has 2 aromatic rings. The second-order valence-electron chi connectivity index (χ2n) is 4.61. The Morgan fingerprint density at radius 3 is 3.06 bits per heavy atom. The summed E-state index contributed by atoms with van der Waals surface area (Å²) in [5, 5.41) is 7.41. The van der Waals surface area contributed by atoms with Crippen LogP contribution in [-0.4, -0.2) is 12.3 Å². The van der Waals surface area contributed by atoms with Gasteiger partial charge in [-0.25, -0.2) is 0 Å². The normalized spacial score (nSPS) is 18.3. The topological polar surface area (TPSA) is 29.1 Å². The second kappa shape index (κ2) is 5.04. The van der Waals surface area contributed by atoms with E-state index in [2.05, 4.69) is 17.4 Å². The number of ketones is 1. The molecule has 2 nitrogen and oxygen atoms in total. The molecule has 0 saturated heterocycles. The van der Waals surface area contributed by atoms with Gasteiger partial charge in [-0.15, -0.1) is 0 Å². The number of carbonyl (C=O) groups excluding carboxylic acids is 1. The quantitative estimate of drug-likeness (QED) is 0.916. The van der Waals surface area contributed by atoms with Crippen molar-refractivity contribution >= 4 is 17.1 Å². The predicted molar refractivity (Wildman–Crippen MR) is 73.9 cm³/mol. The van der Waals surface area contributed by atoms with Crippen LogP contribution in [-0.2, 0) is 17.6 Å². The summed E-state index contributed by atoms with van der Waals surface area (Å²) < 4.78 is 0. The van der Waals surface area contributed by atoms with Gasteiger partial charge in [-0.05, 0) is 39.9 Å². The van der Waals surface area contributed by atoms with Crippen molar-refractivity contribution in [1.29, 1.82) is 0 Å². The van der Waals surface area contributed by atoms with Gasteiger partial charge in [-0.3, -0.25) is 4.79 Å². The molecule has 1 aromatic carbocycles. The molecule has 1 atom stereocenters. The van der Waals surface area contributed by atoms with E-state index in [1.54, 1.807) is 11.3 Å². The number of hydrogen-bond donors (Lipinski definition) is 1. The Morgan fingerprint density at radius 1 is 1.33 bits per heavy atom. The first-order valence-corrected chi connectivity index (χ1v) is 7.14. The highest BCUT2D eigenvalue weighted by atomic mass is 32.1. The first-order chi connectivity index (χ1) is 8.84. The third-order valence-corrected chi connectivity index (χ3v) is 4.12. The first-order valence-electron chi connectivity index (χ1n) is 6.19. The summed E-state index contributed by atoms with van der Waals surface area (Å²) in [6.45, 7) is 0.886. The largest absolute Gasteiger partial charge is 0.303 e. The fourth-order valence-electron chi connectivity index (χ4n) is 2.49. The molecule has 0 saturated carbocycles. The highest BCUT2D eigenvalue weighted by molar-refractivity contribution is 7.08. The number of Topliss-reactive ketones (excluding diaryl/α,β-unsaturated/α-hetero) is 1. The van der Waals surface area contributed by atoms with E-state index in [0.29, 0.717) is 6.42 Å². The van der Waals surface area contributed by atoms with Gasteiger partial charge in [-0.2, -0.15) is 11.3 Å². The van der Waals surface area contributed by atoms with Gasteiger partial charge in [0.1, 0.15) is 0 Å². The summed E-state index contributed by atoms with van der Waals surface area (Å²) in [4.78, 5) is 12.4. The Labute approximate surface area is 111 Å². The Kier molecular flexibility index (Phi) is 3.26.